The predicted molar refractivity (Wildman–Crippen MR) is 112 cm³/mol. The zero-order valence-corrected chi connectivity index (χ0v) is 18.0. The molecule has 0 spiro atoms. The van der Waals surface area contributed by atoms with E-state index in [4.69, 9.17) is 14.2 Å². The monoisotopic (exact) mass is 392 g/mol. The van der Waals surface area contributed by atoms with Gasteiger partial charge in [0.05, 0.1) is 19.8 Å². The van der Waals surface area contributed by atoms with Crippen molar-refractivity contribution in [1.29, 1.82) is 0 Å². The Bertz CT molecular complexity index is 606. The lowest BCUT2D eigenvalue weighted by Gasteiger charge is -2.35. The van der Waals surface area contributed by atoms with Gasteiger partial charge in [-0.25, -0.2) is 0 Å². The molecule has 0 radical (unpaired) electrons. The summed E-state index contributed by atoms with van der Waals surface area (Å²) in [6.45, 7) is 14.5. The van der Waals surface area contributed by atoms with Crippen molar-refractivity contribution in [2.75, 3.05) is 39.5 Å². The molecule has 0 aliphatic carbocycles. The Balaban J connectivity index is 2.11. The average Bonchev–Trinajstić information content (AvgIpc) is 2.69. The van der Waals surface area contributed by atoms with Crippen LogP contribution in [0.25, 0.3) is 0 Å². The highest BCUT2D eigenvalue weighted by Crippen LogP contribution is 2.39. The van der Waals surface area contributed by atoms with E-state index in [0.717, 1.165) is 19.5 Å². The summed E-state index contributed by atoms with van der Waals surface area (Å²) in [7, 11) is 0. The van der Waals surface area contributed by atoms with E-state index in [-0.39, 0.29) is 5.91 Å². The number of piperidine rings is 1. The van der Waals surface area contributed by atoms with Gasteiger partial charge in [0.15, 0.2) is 11.5 Å². The third-order valence-corrected chi connectivity index (χ3v) is 5.00. The number of hydrogen-bond acceptors (Lipinski definition) is 5. The molecule has 0 bridgehead atoms. The smallest absolute Gasteiger partial charge is 0.251 e. The van der Waals surface area contributed by atoms with Crippen LogP contribution in [0.5, 0.6) is 17.2 Å². The molecule has 1 saturated heterocycles. The van der Waals surface area contributed by atoms with Gasteiger partial charge in [0.1, 0.15) is 0 Å². The molecule has 0 aromatic heterocycles. The molecule has 1 amide bonds. The fraction of sp³-hybridized carbons (Fsp3) is 0.682. The lowest BCUT2D eigenvalue weighted by molar-refractivity contribution is 0.0921. The molecule has 1 atom stereocenters. The highest BCUT2D eigenvalue weighted by Gasteiger charge is 2.23. The van der Waals surface area contributed by atoms with Crippen LogP contribution in [-0.4, -0.2) is 56.3 Å². The molecule has 1 aromatic rings. The molecule has 1 aliphatic rings. The summed E-state index contributed by atoms with van der Waals surface area (Å²) in [6, 6.07) is 4.04. The summed E-state index contributed by atoms with van der Waals surface area (Å²) in [5.74, 6) is 2.03. The third kappa shape index (κ3) is 6.03. The van der Waals surface area contributed by atoms with Crippen molar-refractivity contribution in [1.82, 2.24) is 10.2 Å². The standard InChI is InChI=1S/C22H36N2O4/c1-6-26-19-12-18(13-20(27-7-2)21(19)28-8-3)22(25)23-14-17-10-9-11-24(15-17)16(4)5/h12-13,16-17H,6-11,14-15H2,1-5H3,(H,23,25). The molecule has 28 heavy (non-hydrogen) atoms. The zero-order valence-electron chi connectivity index (χ0n) is 18.0. The summed E-state index contributed by atoms with van der Waals surface area (Å²) in [5.41, 5.74) is 0.534. The minimum absolute atomic E-state index is 0.105. The molecule has 1 heterocycles. The Morgan fingerprint density at radius 2 is 1.71 bits per heavy atom. The molecule has 1 N–H and O–H groups in total. The van der Waals surface area contributed by atoms with Crippen molar-refractivity contribution >= 4 is 5.91 Å². The normalized spacial score (nSPS) is 17.4. The number of nitrogens with zero attached hydrogens (tertiary/aromatic N) is 1. The van der Waals surface area contributed by atoms with Gasteiger partial charge in [-0.2, -0.15) is 0 Å². The summed E-state index contributed by atoms with van der Waals surface area (Å²) in [4.78, 5) is 15.3. The fourth-order valence-corrected chi connectivity index (χ4v) is 3.59. The molecule has 1 fully saturated rings. The van der Waals surface area contributed by atoms with E-state index in [1.165, 1.54) is 6.42 Å². The van der Waals surface area contributed by atoms with Gasteiger partial charge in [0, 0.05) is 24.7 Å². The van der Waals surface area contributed by atoms with Crippen LogP contribution in [0.1, 0.15) is 57.8 Å². The van der Waals surface area contributed by atoms with Gasteiger partial charge in [0.2, 0.25) is 5.75 Å². The summed E-state index contributed by atoms with van der Waals surface area (Å²) < 4.78 is 17.1. The highest BCUT2D eigenvalue weighted by atomic mass is 16.5. The van der Waals surface area contributed by atoms with E-state index in [0.29, 0.717) is 61.1 Å². The van der Waals surface area contributed by atoms with Crippen molar-refractivity contribution in [3.8, 4) is 17.2 Å². The lowest BCUT2D eigenvalue weighted by Crippen LogP contribution is -2.43. The van der Waals surface area contributed by atoms with Crippen LogP contribution in [0.4, 0.5) is 0 Å². The number of rotatable bonds is 10. The molecule has 6 heteroatoms. The zero-order chi connectivity index (χ0) is 20.5. The topological polar surface area (TPSA) is 60.0 Å². The molecule has 158 valence electrons. The van der Waals surface area contributed by atoms with Gasteiger partial charge in [-0.3, -0.25) is 4.79 Å². The van der Waals surface area contributed by atoms with Crippen molar-refractivity contribution in [2.24, 2.45) is 5.92 Å². The first-order chi connectivity index (χ1) is 13.5. The van der Waals surface area contributed by atoms with Gasteiger partial charge in [-0.1, -0.05) is 0 Å². The SMILES string of the molecule is CCOc1cc(C(=O)NCC2CCCN(C(C)C)C2)cc(OCC)c1OCC. The van der Waals surface area contributed by atoms with Crippen molar-refractivity contribution in [2.45, 2.75) is 53.5 Å². The Hall–Kier alpha value is -1.95. The first kappa shape index (κ1) is 22.3. The lowest BCUT2D eigenvalue weighted by atomic mass is 9.97. The highest BCUT2D eigenvalue weighted by molar-refractivity contribution is 5.95. The number of hydrogen-bond donors (Lipinski definition) is 1. The summed E-state index contributed by atoms with van der Waals surface area (Å²) >= 11 is 0. The Morgan fingerprint density at radius 3 is 2.25 bits per heavy atom. The van der Waals surface area contributed by atoms with Crippen LogP contribution in [-0.2, 0) is 0 Å². The number of ether oxygens (including phenoxy) is 3. The van der Waals surface area contributed by atoms with Crippen LogP contribution < -0.4 is 19.5 Å². The first-order valence-electron chi connectivity index (χ1n) is 10.6. The van der Waals surface area contributed by atoms with E-state index in [1.54, 1.807) is 12.1 Å². The molecule has 6 nitrogen and oxygen atoms in total. The van der Waals surface area contributed by atoms with Gasteiger partial charge in [0.25, 0.3) is 5.91 Å². The first-order valence-corrected chi connectivity index (χ1v) is 10.6. The summed E-state index contributed by atoms with van der Waals surface area (Å²) in [6.07, 6.45) is 2.34. The maximum absolute atomic E-state index is 12.8. The van der Waals surface area contributed by atoms with Gasteiger partial charge >= 0.3 is 0 Å². The minimum Gasteiger partial charge on any atom is -0.490 e. The number of amides is 1. The fourth-order valence-electron chi connectivity index (χ4n) is 3.59. The van der Waals surface area contributed by atoms with Crippen molar-refractivity contribution in [3.63, 3.8) is 0 Å². The number of nitrogens with one attached hydrogen (secondary N) is 1. The van der Waals surface area contributed by atoms with E-state index in [2.05, 4.69) is 24.1 Å². The second kappa shape index (κ2) is 11.1. The van der Waals surface area contributed by atoms with Gasteiger partial charge < -0.3 is 24.4 Å². The molecular weight excluding hydrogens is 356 g/mol. The molecule has 1 unspecified atom stereocenters. The third-order valence-electron chi connectivity index (χ3n) is 5.00. The largest absolute Gasteiger partial charge is 0.490 e. The van der Waals surface area contributed by atoms with Crippen LogP contribution >= 0.6 is 0 Å². The maximum Gasteiger partial charge on any atom is 0.251 e. The summed E-state index contributed by atoms with van der Waals surface area (Å²) in [5, 5.41) is 3.10. The van der Waals surface area contributed by atoms with Gasteiger partial charge in [-0.05, 0) is 72.1 Å². The maximum atomic E-state index is 12.8. The van der Waals surface area contributed by atoms with Crippen molar-refractivity contribution < 1.29 is 19.0 Å². The van der Waals surface area contributed by atoms with Crippen LogP contribution in [0.15, 0.2) is 12.1 Å². The number of benzene rings is 1. The molecular formula is C22H36N2O4. The van der Waals surface area contributed by atoms with E-state index in [1.807, 2.05) is 20.8 Å². The molecule has 1 aromatic carbocycles. The predicted octanol–water partition coefficient (Wildman–Crippen LogP) is 3.73. The number of likely N-dealkylation sites (tertiary alicyclic amines) is 1. The second-order valence-electron chi connectivity index (χ2n) is 7.41. The van der Waals surface area contributed by atoms with Crippen molar-refractivity contribution in [3.05, 3.63) is 17.7 Å². The van der Waals surface area contributed by atoms with Crippen LogP contribution in [0.3, 0.4) is 0 Å². The minimum atomic E-state index is -0.105. The average molecular weight is 393 g/mol. The van der Waals surface area contributed by atoms with Crippen LogP contribution in [0.2, 0.25) is 0 Å². The van der Waals surface area contributed by atoms with E-state index in [9.17, 15) is 4.79 Å². The Labute approximate surface area is 169 Å². The van der Waals surface area contributed by atoms with E-state index >= 15 is 0 Å². The second-order valence-corrected chi connectivity index (χ2v) is 7.41. The Morgan fingerprint density at radius 1 is 1.11 bits per heavy atom. The number of carbonyl (C=O) groups is 1. The Kier molecular flexibility index (Phi) is 8.90. The number of carbonyl (C=O) groups excluding carboxylic acids is 1. The molecule has 1 aliphatic heterocycles. The molecule has 0 saturated carbocycles. The van der Waals surface area contributed by atoms with Gasteiger partial charge in [-0.15, -0.1) is 0 Å². The van der Waals surface area contributed by atoms with E-state index < -0.39 is 0 Å². The van der Waals surface area contributed by atoms with Crippen LogP contribution in [0, 0.1) is 5.92 Å². The molecule has 2 rings (SSSR count). The quantitative estimate of drug-likeness (QED) is 0.657.